The van der Waals surface area contributed by atoms with E-state index in [1.807, 2.05) is 0 Å². The maximum atomic E-state index is 12.9. The maximum Gasteiger partial charge on any atom is 0.457 e. The molecular weight excluding hydrogens is 373 g/mol. The standard InChI is InChI=1S/C16H14ClF3N4S/c1-2-9-6-10-13(22-15(17)23-14(10)25-9)8-3-4-24-7-11(16(18,19)20)21-12(24)5-8/h6-8H,2-5H2,1H3/p+1. The van der Waals surface area contributed by atoms with E-state index in [-0.39, 0.29) is 11.2 Å². The Balaban J connectivity index is 1.73. The van der Waals surface area contributed by atoms with Gasteiger partial charge in [-0.25, -0.2) is 19.5 Å². The molecule has 4 nitrogen and oxygen atoms in total. The molecule has 0 aliphatic carbocycles. The highest BCUT2D eigenvalue weighted by Crippen LogP contribution is 2.35. The molecule has 0 saturated carbocycles. The van der Waals surface area contributed by atoms with Crippen LogP contribution in [0.15, 0.2) is 12.3 Å². The van der Waals surface area contributed by atoms with Gasteiger partial charge in [0, 0.05) is 16.2 Å². The average molecular weight is 388 g/mol. The zero-order chi connectivity index (χ0) is 17.8. The molecule has 132 valence electrons. The predicted octanol–water partition coefficient (Wildman–Crippen LogP) is 4.27. The molecule has 0 fully saturated rings. The minimum atomic E-state index is -4.37. The van der Waals surface area contributed by atoms with Crippen molar-refractivity contribution in [1.29, 1.82) is 0 Å². The van der Waals surface area contributed by atoms with Crippen LogP contribution in [-0.4, -0.2) is 15.0 Å². The smallest absolute Gasteiger partial charge is 0.237 e. The summed E-state index contributed by atoms with van der Waals surface area (Å²) in [6, 6.07) is 2.07. The Labute approximate surface area is 150 Å². The summed E-state index contributed by atoms with van der Waals surface area (Å²) in [5.74, 6) is 0.583. The van der Waals surface area contributed by atoms with Gasteiger partial charge in [0.15, 0.2) is 0 Å². The Morgan fingerprint density at radius 2 is 2.20 bits per heavy atom. The third kappa shape index (κ3) is 3.01. The van der Waals surface area contributed by atoms with Crippen molar-refractivity contribution in [1.82, 2.24) is 15.0 Å². The number of nitrogens with zero attached hydrogens (tertiary/aromatic N) is 3. The Morgan fingerprint density at radius 1 is 1.40 bits per heavy atom. The molecule has 1 N–H and O–H groups in total. The molecule has 9 heteroatoms. The fourth-order valence-electron chi connectivity index (χ4n) is 3.32. The van der Waals surface area contributed by atoms with Gasteiger partial charge in [-0.15, -0.1) is 11.3 Å². The van der Waals surface area contributed by atoms with Gasteiger partial charge in [0.2, 0.25) is 11.0 Å². The first-order valence-corrected chi connectivity index (χ1v) is 9.19. The molecule has 3 aromatic rings. The van der Waals surface area contributed by atoms with Crippen LogP contribution in [0, 0.1) is 0 Å². The van der Waals surface area contributed by atoms with Crippen molar-refractivity contribution in [2.75, 3.05) is 0 Å². The van der Waals surface area contributed by atoms with Crippen molar-refractivity contribution in [2.24, 2.45) is 0 Å². The van der Waals surface area contributed by atoms with Gasteiger partial charge < -0.3 is 0 Å². The molecule has 1 unspecified atom stereocenters. The number of hydrogen-bond donors (Lipinski definition) is 1. The van der Waals surface area contributed by atoms with Crippen LogP contribution in [-0.2, 0) is 25.6 Å². The first-order valence-electron chi connectivity index (χ1n) is 7.99. The van der Waals surface area contributed by atoms with E-state index in [9.17, 15) is 13.2 Å². The summed E-state index contributed by atoms with van der Waals surface area (Å²) in [7, 11) is 0. The number of imidazole rings is 1. The van der Waals surface area contributed by atoms with Gasteiger partial charge in [-0.05, 0) is 30.5 Å². The van der Waals surface area contributed by atoms with Crippen LogP contribution in [0.4, 0.5) is 13.2 Å². The SMILES string of the molecule is CCc1cc2c(C3CC[n+]4cc(C(F)(F)F)[nH]c4C3)nc(Cl)nc2s1. The number of aryl methyl sites for hydroxylation is 2. The Kier molecular flexibility index (Phi) is 3.99. The quantitative estimate of drug-likeness (QED) is 0.527. The molecule has 4 rings (SSSR count). The van der Waals surface area contributed by atoms with Crippen LogP contribution >= 0.6 is 22.9 Å². The van der Waals surface area contributed by atoms with E-state index in [2.05, 4.69) is 27.9 Å². The van der Waals surface area contributed by atoms with Crippen LogP contribution in [0.25, 0.3) is 10.2 Å². The van der Waals surface area contributed by atoms with E-state index in [1.165, 1.54) is 4.88 Å². The minimum absolute atomic E-state index is 0.0158. The van der Waals surface area contributed by atoms with Gasteiger partial charge in [0.25, 0.3) is 5.82 Å². The zero-order valence-corrected chi connectivity index (χ0v) is 14.9. The molecule has 0 saturated heterocycles. The van der Waals surface area contributed by atoms with E-state index in [0.29, 0.717) is 25.2 Å². The van der Waals surface area contributed by atoms with Crippen molar-refractivity contribution in [3.05, 3.63) is 39.6 Å². The molecule has 1 atom stereocenters. The van der Waals surface area contributed by atoms with Gasteiger partial charge in [0.1, 0.15) is 11.0 Å². The third-order valence-corrected chi connectivity index (χ3v) is 5.90. The number of aromatic amines is 1. The molecule has 3 aromatic heterocycles. The van der Waals surface area contributed by atoms with Gasteiger partial charge in [-0.2, -0.15) is 13.2 Å². The molecule has 0 amide bonds. The molecule has 25 heavy (non-hydrogen) atoms. The normalized spacial score (nSPS) is 17.9. The Morgan fingerprint density at radius 3 is 2.92 bits per heavy atom. The van der Waals surface area contributed by atoms with Crippen LogP contribution in [0.2, 0.25) is 5.28 Å². The van der Waals surface area contributed by atoms with Crippen molar-refractivity contribution in [2.45, 2.75) is 44.8 Å². The predicted molar refractivity (Wildman–Crippen MR) is 88.9 cm³/mol. The van der Waals surface area contributed by atoms with Crippen molar-refractivity contribution in [3.63, 3.8) is 0 Å². The summed E-state index contributed by atoms with van der Waals surface area (Å²) in [5, 5.41) is 1.15. The molecule has 4 heterocycles. The highest BCUT2D eigenvalue weighted by Gasteiger charge is 2.40. The Bertz CT molecular complexity index is 947. The summed E-state index contributed by atoms with van der Waals surface area (Å²) in [6.45, 7) is 2.58. The Hall–Kier alpha value is -1.67. The van der Waals surface area contributed by atoms with E-state index in [4.69, 9.17) is 11.6 Å². The van der Waals surface area contributed by atoms with Gasteiger partial charge in [-0.3, -0.25) is 0 Å². The minimum Gasteiger partial charge on any atom is -0.237 e. The summed E-state index contributed by atoms with van der Waals surface area (Å²) in [4.78, 5) is 13.3. The van der Waals surface area contributed by atoms with Crippen LogP contribution in [0.3, 0.4) is 0 Å². The summed E-state index contributed by atoms with van der Waals surface area (Å²) >= 11 is 7.67. The molecule has 0 spiro atoms. The van der Waals surface area contributed by atoms with E-state index < -0.39 is 11.9 Å². The lowest BCUT2D eigenvalue weighted by Crippen LogP contribution is -2.41. The number of halogens is 4. The fourth-order valence-corrected chi connectivity index (χ4v) is 4.52. The molecule has 0 bridgehead atoms. The van der Waals surface area contributed by atoms with Gasteiger partial charge in [-0.1, -0.05) is 6.92 Å². The molecule has 1 aliphatic heterocycles. The van der Waals surface area contributed by atoms with Gasteiger partial charge >= 0.3 is 6.18 Å². The van der Waals surface area contributed by atoms with E-state index in [0.717, 1.165) is 28.5 Å². The van der Waals surface area contributed by atoms with E-state index in [1.54, 1.807) is 15.9 Å². The first-order chi connectivity index (χ1) is 11.8. The molecular formula is C16H15ClF3N4S+. The second kappa shape index (κ2) is 5.95. The lowest BCUT2D eigenvalue weighted by Gasteiger charge is -2.19. The van der Waals surface area contributed by atoms with Crippen molar-refractivity contribution >= 4 is 33.2 Å². The highest BCUT2D eigenvalue weighted by atomic mass is 35.5. The van der Waals surface area contributed by atoms with Crippen LogP contribution in [0.1, 0.15) is 41.4 Å². The van der Waals surface area contributed by atoms with E-state index >= 15 is 0 Å². The topological polar surface area (TPSA) is 45.5 Å². The summed E-state index contributed by atoms with van der Waals surface area (Å²) in [5.41, 5.74) is 0.123. The number of H-pyrrole nitrogens is 1. The summed E-state index contributed by atoms with van der Waals surface area (Å²) < 4.78 is 40.4. The average Bonchev–Trinajstić information content (AvgIpc) is 3.16. The number of nitrogens with one attached hydrogen (secondary N) is 1. The number of aromatic nitrogens is 4. The number of thiophene rings is 1. The fraction of sp³-hybridized carbons (Fsp3) is 0.438. The number of fused-ring (bicyclic) bond motifs is 2. The van der Waals surface area contributed by atoms with Crippen LogP contribution < -0.4 is 4.57 Å². The zero-order valence-electron chi connectivity index (χ0n) is 13.3. The molecule has 0 radical (unpaired) electrons. The number of rotatable bonds is 2. The van der Waals surface area contributed by atoms with Crippen molar-refractivity contribution < 1.29 is 17.7 Å². The monoisotopic (exact) mass is 387 g/mol. The maximum absolute atomic E-state index is 12.9. The van der Waals surface area contributed by atoms with Gasteiger partial charge in [0.05, 0.1) is 18.7 Å². The lowest BCUT2D eigenvalue weighted by atomic mass is 9.92. The highest BCUT2D eigenvalue weighted by molar-refractivity contribution is 7.18. The second-order valence-corrected chi connectivity index (χ2v) is 7.61. The van der Waals surface area contributed by atoms with Crippen LogP contribution in [0.5, 0.6) is 0 Å². The second-order valence-electron chi connectivity index (χ2n) is 6.16. The third-order valence-electron chi connectivity index (χ3n) is 4.56. The lowest BCUT2D eigenvalue weighted by molar-refractivity contribution is -0.709. The molecule has 0 aromatic carbocycles. The largest absolute Gasteiger partial charge is 0.457 e. The first kappa shape index (κ1) is 16.8. The van der Waals surface area contributed by atoms with Crippen molar-refractivity contribution in [3.8, 4) is 0 Å². The number of hydrogen-bond acceptors (Lipinski definition) is 3. The summed E-state index contributed by atoms with van der Waals surface area (Å²) in [6.07, 6.45) is -1.14. The molecule has 1 aliphatic rings. The number of alkyl halides is 3.